The van der Waals surface area contributed by atoms with Gasteiger partial charge in [0, 0.05) is 19.3 Å². The van der Waals surface area contributed by atoms with Gasteiger partial charge in [0.25, 0.3) is 0 Å². The fourth-order valence-corrected chi connectivity index (χ4v) is 10.9. The number of carbonyl (C=O) groups is 3. The van der Waals surface area contributed by atoms with Crippen molar-refractivity contribution in [2.45, 2.75) is 399 Å². The molecule has 1 atom stereocenters. The minimum atomic E-state index is -0.779. The molecule has 6 heteroatoms. The maximum atomic E-state index is 13.0. The van der Waals surface area contributed by atoms with Crippen LogP contribution in [0.1, 0.15) is 393 Å². The molecule has 0 aromatic rings. The van der Waals surface area contributed by atoms with Crippen LogP contribution >= 0.6 is 0 Å². The van der Waals surface area contributed by atoms with E-state index in [2.05, 4.69) is 81.5 Å². The molecule has 1 unspecified atom stereocenters. The Hall–Kier alpha value is -2.89. The molecule has 0 saturated heterocycles. The molecular weight excluding hydrogens is 1020 g/mol. The van der Waals surface area contributed by atoms with Crippen LogP contribution in [0.15, 0.2) is 60.8 Å². The predicted molar refractivity (Wildman–Crippen MR) is 362 cm³/mol. The van der Waals surface area contributed by atoms with Crippen LogP contribution in [0.2, 0.25) is 0 Å². The van der Waals surface area contributed by atoms with Crippen LogP contribution in [-0.4, -0.2) is 37.2 Å². The van der Waals surface area contributed by atoms with Crippen molar-refractivity contribution in [3.8, 4) is 0 Å². The van der Waals surface area contributed by atoms with E-state index < -0.39 is 6.10 Å². The fourth-order valence-electron chi connectivity index (χ4n) is 10.9. The van der Waals surface area contributed by atoms with Gasteiger partial charge in [0.2, 0.25) is 0 Å². The Labute approximate surface area is 517 Å². The maximum absolute atomic E-state index is 13.0. The third kappa shape index (κ3) is 69.8. The second-order valence-electron chi connectivity index (χ2n) is 24.8. The van der Waals surface area contributed by atoms with E-state index in [4.69, 9.17) is 14.2 Å². The second kappa shape index (κ2) is 71.6. The van der Waals surface area contributed by atoms with Crippen LogP contribution in [-0.2, 0) is 28.6 Å². The van der Waals surface area contributed by atoms with Crippen LogP contribution in [0.3, 0.4) is 0 Å². The molecule has 0 amide bonds. The second-order valence-corrected chi connectivity index (χ2v) is 24.8. The van der Waals surface area contributed by atoms with Gasteiger partial charge in [-0.25, -0.2) is 0 Å². The van der Waals surface area contributed by atoms with Gasteiger partial charge in [-0.2, -0.15) is 0 Å². The number of unbranched alkanes of at least 4 members (excludes halogenated alkanes) is 47. The van der Waals surface area contributed by atoms with E-state index in [0.29, 0.717) is 19.3 Å². The van der Waals surface area contributed by atoms with Gasteiger partial charge >= 0.3 is 17.9 Å². The minimum Gasteiger partial charge on any atom is -0.462 e. The smallest absolute Gasteiger partial charge is 0.306 e. The van der Waals surface area contributed by atoms with Gasteiger partial charge in [-0.15, -0.1) is 0 Å². The molecule has 0 aromatic carbocycles. The number of ether oxygens (including phenoxy) is 3. The van der Waals surface area contributed by atoms with E-state index >= 15 is 0 Å². The third-order valence-corrected chi connectivity index (χ3v) is 16.5. The van der Waals surface area contributed by atoms with E-state index in [1.807, 2.05) is 0 Å². The van der Waals surface area contributed by atoms with Crippen LogP contribution in [0.5, 0.6) is 0 Å². The molecule has 484 valence electrons. The molecule has 0 radical (unpaired) electrons. The minimum absolute atomic E-state index is 0.0739. The SMILES string of the molecule is CCCCC/C=C\C/C=C\CCCCCCCCCCCC(=O)OCC(COC(=O)CCCCCCCCCCCCC/C=C\C/C=C\CCCCCCC)OC(=O)CCCCCCCCCCCCC/C=C\CCCCCCCCCC. The van der Waals surface area contributed by atoms with Crippen LogP contribution in [0, 0.1) is 0 Å². The summed E-state index contributed by atoms with van der Waals surface area (Å²) in [6.07, 6.45) is 92.4. The highest BCUT2D eigenvalue weighted by Crippen LogP contribution is 2.18. The monoisotopic (exact) mass is 1160 g/mol. The molecule has 0 aromatic heterocycles. The van der Waals surface area contributed by atoms with E-state index in [0.717, 1.165) is 70.6 Å². The topological polar surface area (TPSA) is 78.9 Å². The molecule has 0 aliphatic carbocycles. The molecule has 0 fully saturated rings. The van der Waals surface area contributed by atoms with E-state index in [1.165, 1.54) is 283 Å². The zero-order chi connectivity index (χ0) is 59.9. The normalized spacial score (nSPS) is 12.4. The Morgan fingerprint density at radius 1 is 0.241 bits per heavy atom. The average molecular weight is 1160 g/mol. The number of hydrogen-bond donors (Lipinski definition) is 0. The largest absolute Gasteiger partial charge is 0.462 e. The van der Waals surface area contributed by atoms with Crippen molar-refractivity contribution in [1.29, 1.82) is 0 Å². The Morgan fingerprint density at radius 3 is 0.699 bits per heavy atom. The van der Waals surface area contributed by atoms with Crippen molar-refractivity contribution < 1.29 is 28.6 Å². The fraction of sp³-hybridized carbons (Fsp3) is 0.831. The molecular formula is C77H140O6. The quantitative estimate of drug-likeness (QED) is 0.0261. The van der Waals surface area contributed by atoms with Crippen molar-refractivity contribution in [1.82, 2.24) is 0 Å². The van der Waals surface area contributed by atoms with Gasteiger partial charge in [-0.1, -0.05) is 326 Å². The Bertz CT molecular complexity index is 1470. The van der Waals surface area contributed by atoms with Crippen molar-refractivity contribution in [2.75, 3.05) is 13.2 Å². The summed E-state index contributed by atoms with van der Waals surface area (Å²) in [5.41, 5.74) is 0. The predicted octanol–water partition coefficient (Wildman–Crippen LogP) is 25.5. The van der Waals surface area contributed by atoms with Crippen LogP contribution in [0.4, 0.5) is 0 Å². The standard InChI is InChI=1S/C77H140O6/c1-4-7-10-13-16-19-22-25-28-31-34-36-38-40-43-46-49-52-55-58-61-64-67-70-76(79)82-73-74(72-81-75(78)69-66-63-60-57-54-51-48-45-42-33-30-27-24-21-18-15-12-9-6-3)83-77(80)71-68-65-62-59-56-53-50-47-44-41-39-37-35-32-29-26-23-20-17-14-11-8-5-2/h18,21-22,25,27,30-32,34-35,74H,4-17,19-20,23-24,26,28-29,33,36-73H2,1-3H3/b21-18-,25-22-,30-27-,34-31-,35-32-. The Morgan fingerprint density at radius 2 is 0.434 bits per heavy atom. The maximum Gasteiger partial charge on any atom is 0.306 e. The highest BCUT2D eigenvalue weighted by atomic mass is 16.6. The first-order valence-electron chi connectivity index (χ1n) is 36.8. The third-order valence-electron chi connectivity index (χ3n) is 16.5. The van der Waals surface area contributed by atoms with Gasteiger partial charge < -0.3 is 14.2 Å². The van der Waals surface area contributed by atoms with Gasteiger partial charge in [-0.05, 0) is 109 Å². The van der Waals surface area contributed by atoms with Crippen molar-refractivity contribution in [3.63, 3.8) is 0 Å². The molecule has 0 spiro atoms. The molecule has 0 N–H and O–H groups in total. The lowest BCUT2D eigenvalue weighted by Crippen LogP contribution is -2.30. The summed E-state index contributed by atoms with van der Waals surface area (Å²) >= 11 is 0. The summed E-state index contributed by atoms with van der Waals surface area (Å²) in [7, 11) is 0. The van der Waals surface area contributed by atoms with Crippen LogP contribution < -0.4 is 0 Å². The molecule has 83 heavy (non-hydrogen) atoms. The molecule has 0 aliphatic heterocycles. The van der Waals surface area contributed by atoms with Crippen molar-refractivity contribution in [3.05, 3.63) is 60.8 Å². The zero-order valence-electron chi connectivity index (χ0n) is 55.7. The van der Waals surface area contributed by atoms with Gasteiger partial charge in [-0.3, -0.25) is 14.4 Å². The Kier molecular flexibility index (Phi) is 69.1. The molecule has 0 aliphatic rings. The zero-order valence-corrected chi connectivity index (χ0v) is 55.7. The van der Waals surface area contributed by atoms with E-state index in [1.54, 1.807) is 0 Å². The summed E-state index contributed by atoms with van der Waals surface area (Å²) in [5, 5.41) is 0. The number of rotatable bonds is 68. The van der Waals surface area contributed by atoms with Crippen LogP contribution in [0.25, 0.3) is 0 Å². The number of esters is 3. The first kappa shape index (κ1) is 80.1. The molecule has 0 saturated carbocycles. The van der Waals surface area contributed by atoms with Gasteiger partial charge in [0.1, 0.15) is 13.2 Å². The molecule has 0 bridgehead atoms. The number of hydrogen-bond acceptors (Lipinski definition) is 6. The molecule has 0 rings (SSSR count). The number of allylic oxidation sites excluding steroid dienone is 10. The highest BCUT2D eigenvalue weighted by molar-refractivity contribution is 5.71. The molecule has 0 heterocycles. The summed E-state index contributed by atoms with van der Waals surface area (Å²) in [6.45, 7) is 6.67. The van der Waals surface area contributed by atoms with E-state index in [9.17, 15) is 14.4 Å². The van der Waals surface area contributed by atoms with Gasteiger partial charge in [0.05, 0.1) is 0 Å². The molecule has 6 nitrogen and oxygen atoms in total. The summed E-state index contributed by atoms with van der Waals surface area (Å²) in [6, 6.07) is 0. The summed E-state index contributed by atoms with van der Waals surface area (Å²) in [4.78, 5) is 38.5. The van der Waals surface area contributed by atoms with E-state index in [-0.39, 0.29) is 31.1 Å². The average Bonchev–Trinajstić information content (AvgIpc) is 3.49. The van der Waals surface area contributed by atoms with Crippen molar-refractivity contribution >= 4 is 17.9 Å². The lowest BCUT2D eigenvalue weighted by Gasteiger charge is -2.18. The lowest BCUT2D eigenvalue weighted by atomic mass is 10.0. The lowest BCUT2D eigenvalue weighted by molar-refractivity contribution is -0.167. The van der Waals surface area contributed by atoms with Gasteiger partial charge in [0.15, 0.2) is 6.10 Å². The van der Waals surface area contributed by atoms with Crippen molar-refractivity contribution in [2.24, 2.45) is 0 Å². The first-order valence-corrected chi connectivity index (χ1v) is 36.8. The highest BCUT2D eigenvalue weighted by Gasteiger charge is 2.19. The summed E-state index contributed by atoms with van der Waals surface area (Å²) in [5.74, 6) is -0.855. The Balaban J connectivity index is 4.34. The first-order chi connectivity index (χ1) is 41.0. The summed E-state index contributed by atoms with van der Waals surface area (Å²) < 4.78 is 17.0. The number of carbonyl (C=O) groups excluding carboxylic acids is 3.